The zero-order valence-electron chi connectivity index (χ0n) is 5.26. The summed E-state index contributed by atoms with van der Waals surface area (Å²) in [6, 6.07) is 0. The molecule has 0 unspecified atom stereocenters. The summed E-state index contributed by atoms with van der Waals surface area (Å²) in [6.45, 7) is 3.78. The lowest BCUT2D eigenvalue weighted by molar-refractivity contribution is 0.150. The third kappa shape index (κ3) is 0.579. The van der Waals surface area contributed by atoms with Gasteiger partial charge in [-0.25, -0.2) is 0 Å². The van der Waals surface area contributed by atoms with Gasteiger partial charge in [0.2, 0.25) is 0 Å². The van der Waals surface area contributed by atoms with E-state index in [1.807, 2.05) is 36.4 Å². The molecule has 0 aromatic heterocycles. The topological polar surface area (TPSA) is 6.48 Å². The molecule has 0 N–H and O–H groups in total. The number of nitrogens with zero attached hydrogens (tertiary/aromatic N) is 2. The van der Waals surface area contributed by atoms with Gasteiger partial charge < -0.3 is 0 Å². The Labute approximate surface area is 49.7 Å². The minimum absolute atomic E-state index is 1.03. The van der Waals surface area contributed by atoms with Crippen LogP contribution in [0.2, 0.25) is 0 Å². The van der Waals surface area contributed by atoms with Crippen LogP contribution in [0, 0.1) is 0 Å². The molecule has 0 aromatic carbocycles. The highest BCUT2D eigenvalue weighted by Gasteiger charge is 2.06. The number of rotatable bonds is 0. The molecule has 0 bridgehead atoms. The van der Waals surface area contributed by atoms with Gasteiger partial charge in [-0.1, -0.05) is 6.58 Å². The first-order valence-electron chi connectivity index (χ1n) is 2.55. The van der Waals surface area contributed by atoms with E-state index in [0.29, 0.717) is 0 Å². The Bertz CT molecular complexity index is 137. The van der Waals surface area contributed by atoms with E-state index < -0.39 is 0 Å². The van der Waals surface area contributed by atoms with E-state index in [9.17, 15) is 0 Å². The summed E-state index contributed by atoms with van der Waals surface area (Å²) in [5, 5.41) is 3.95. The number of hydrogen-bond donors (Lipinski definition) is 0. The molecule has 1 heterocycles. The van der Waals surface area contributed by atoms with Crippen LogP contribution in [0.25, 0.3) is 0 Å². The molecule has 0 saturated heterocycles. The molecule has 0 atom stereocenters. The molecule has 0 amide bonds. The SMILES string of the molecule is C=C1C=CN(C)N1C. The zero-order chi connectivity index (χ0) is 6.15. The van der Waals surface area contributed by atoms with Gasteiger partial charge in [-0.2, -0.15) is 0 Å². The molecular formula is C6H10N2. The van der Waals surface area contributed by atoms with Crippen LogP contribution in [0.15, 0.2) is 24.6 Å². The fourth-order valence-corrected chi connectivity index (χ4v) is 0.604. The second-order valence-electron chi connectivity index (χ2n) is 1.90. The summed E-state index contributed by atoms with van der Waals surface area (Å²) < 4.78 is 0. The lowest BCUT2D eigenvalue weighted by Gasteiger charge is -2.22. The highest BCUT2D eigenvalue weighted by atomic mass is 15.6. The molecule has 0 aliphatic carbocycles. The van der Waals surface area contributed by atoms with Crippen molar-refractivity contribution in [3.05, 3.63) is 24.6 Å². The van der Waals surface area contributed by atoms with Gasteiger partial charge in [-0.15, -0.1) is 0 Å². The second kappa shape index (κ2) is 1.54. The van der Waals surface area contributed by atoms with Crippen molar-refractivity contribution in [1.29, 1.82) is 0 Å². The number of allylic oxidation sites excluding steroid dienone is 1. The Hall–Kier alpha value is -0.920. The van der Waals surface area contributed by atoms with Gasteiger partial charge in [0.05, 0.1) is 5.70 Å². The van der Waals surface area contributed by atoms with Crippen LogP contribution < -0.4 is 0 Å². The minimum atomic E-state index is 1.03. The Balaban J connectivity index is 2.69. The van der Waals surface area contributed by atoms with Crippen LogP contribution in [0.4, 0.5) is 0 Å². The molecule has 2 heteroatoms. The van der Waals surface area contributed by atoms with Gasteiger partial charge in [0.15, 0.2) is 0 Å². The van der Waals surface area contributed by atoms with Crippen LogP contribution >= 0.6 is 0 Å². The average molecular weight is 110 g/mol. The van der Waals surface area contributed by atoms with Crippen LogP contribution in [0.5, 0.6) is 0 Å². The summed E-state index contributed by atoms with van der Waals surface area (Å²) >= 11 is 0. The first kappa shape index (κ1) is 5.22. The Morgan fingerprint density at radius 1 is 1.50 bits per heavy atom. The highest BCUT2D eigenvalue weighted by Crippen LogP contribution is 2.10. The maximum absolute atomic E-state index is 3.78. The van der Waals surface area contributed by atoms with Crippen LogP contribution in [-0.2, 0) is 0 Å². The van der Waals surface area contributed by atoms with E-state index in [2.05, 4.69) is 6.58 Å². The normalized spacial score (nSPS) is 18.5. The van der Waals surface area contributed by atoms with E-state index in [1.165, 1.54) is 0 Å². The maximum atomic E-state index is 3.78. The molecule has 0 aromatic rings. The molecule has 0 radical (unpaired) electrons. The van der Waals surface area contributed by atoms with E-state index in [0.717, 1.165) is 5.70 Å². The van der Waals surface area contributed by atoms with Crippen molar-refractivity contribution in [3.8, 4) is 0 Å². The summed E-state index contributed by atoms with van der Waals surface area (Å²) in [5.74, 6) is 0. The molecule has 1 rings (SSSR count). The molecule has 1 aliphatic heterocycles. The fourth-order valence-electron chi connectivity index (χ4n) is 0.604. The van der Waals surface area contributed by atoms with E-state index in [4.69, 9.17) is 0 Å². The second-order valence-corrected chi connectivity index (χ2v) is 1.90. The summed E-state index contributed by atoms with van der Waals surface area (Å²) in [7, 11) is 3.96. The summed E-state index contributed by atoms with van der Waals surface area (Å²) in [4.78, 5) is 0. The molecule has 0 spiro atoms. The standard InChI is InChI=1S/C6H10N2/c1-6-4-5-7(2)8(6)3/h4-5H,1H2,2-3H3. The summed E-state index contributed by atoms with van der Waals surface area (Å²) in [6.07, 6.45) is 3.95. The number of hydrogen-bond acceptors (Lipinski definition) is 2. The van der Waals surface area contributed by atoms with E-state index >= 15 is 0 Å². The minimum Gasteiger partial charge on any atom is -0.296 e. The molecule has 8 heavy (non-hydrogen) atoms. The van der Waals surface area contributed by atoms with Gasteiger partial charge >= 0.3 is 0 Å². The van der Waals surface area contributed by atoms with Gasteiger partial charge in [0, 0.05) is 20.3 Å². The van der Waals surface area contributed by atoms with Gasteiger partial charge in [0.25, 0.3) is 0 Å². The van der Waals surface area contributed by atoms with Gasteiger partial charge in [-0.05, 0) is 6.08 Å². The fraction of sp³-hybridized carbons (Fsp3) is 0.333. The van der Waals surface area contributed by atoms with Crippen molar-refractivity contribution in [2.75, 3.05) is 14.1 Å². The Kier molecular flexibility index (Phi) is 1.01. The molecule has 44 valence electrons. The van der Waals surface area contributed by atoms with Crippen LogP contribution in [-0.4, -0.2) is 24.1 Å². The van der Waals surface area contributed by atoms with Crippen LogP contribution in [0.3, 0.4) is 0 Å². The predicted molar refractivity (Wildman–Crippen MR) is 33.8 cm³/mol. The molecule has 0 saturated carbocycles. The zero-order valence-corrected chi connectivity index (χ0v) is 5.26. The maximum Gasteiger partial charge on any atom is 0.0513 e. The lowest BCUT2D eigenvalue weighted by Crippen LogP contribution is -2.25. The van der Waals surface area contributed by atoms with Crippen molar-refractivity contribution in [3.63, 3.8) is 0 Å². The third-order valence-corrected chi connectivity index (χ3v) is 1.37. The number of hydrazine groups is 1. The summed E-state index contributed by atoms with van der Waals surface area (Å²) in [5.41, 5.74) is 1.03. The lowest BCUT2D eigenvalue weighted by atomic mass is 10.5. The number of likely N-dealkylation sites (N-methyl/N-ethyl adjacent to an activating group) is 1. The first-order valence-corrected chi connectivity index (χ1v) is 2.55. The Morgan fingerprint density at radius 2 is 2.12 bits per heavy atom. The largest absolute Gasteiger partial charge is 0.296 e. The first-order chi connectivity index (χ1) is 3.72. The van der Waals surface area contributed by atoms with Crippen molar-refractivity contribution >= 4 is 0 Å². The van der Waals surface area contributed by atoms with Crippen molar-refractivity contribution in [2.45, 2.75) is 0 Å². The monoisotopic (exact) mass is 110 g/mol. The molecule has 0 fully saturated rings. The third-order valence-electron chi connectivity index (χ3n) is 1.37. The highest BCUT2D eigenvalue weighted by molar-refractivity contribution is 5.16. The van der Waals surface area contributed by atoms with Crippen molar-refractivity contribution in [2.24, 2.45) is 0 Å². The smallest absolute Gasteiger partial charge is 0.0513 e. The average Bonchev–Trinajstić information content (AvgIpc) is 1.98. The van der Waals surface area contributed by atoms with Gasteiger partial charge in [0.1, 0.15) is 0 Å². The predicted octanol–water partition coefficient (Wildman–Crippen LogP) is 0.806. The molecule has 1 aliphatic rings. The van der Waals surface area contributed by atoms with E-state index in [-0.39, 0.29) is 0 Å². The van der Waals surface area contributed by atoms with Crippen LogP contribution in [0.1, 0.15) is 0 Å². The van der Waals surface area contributed by atoms with Gasteiger partial charge in [-0.3, -0.25) is 10.0 Å². The quantitative estimate of drug-likeness (QED) is 0.455. The molecular weight excluding hydrogens is 100 g/mol. The van der Waals surface area contributed by atoms with Crippen molar-refractivity contribution in [1.82, 2.24) is 10.0 Å². The Morgan fingerprint density at radius 3 is 2.25 bits per heavy atom. The van der Waals surface area contributed by atoms with E-state index in [1.54, 1.807) is 0 Å². The molecule has 2 nitrogen and oxygen atoms in total. The van der Waals surface area contributed by atoms with Crippen molar-refractivity contribution < 1.29 is 0 Å².